The maximum Gasteiger partial charge on any atom is 0.192 e. The van der Waals surface area contributed by atoms with Crippen LogP contribution in [0.2, 0.25) is 18.1 Å². The highest BCUT2D eigenvalue weighted by atomic mass is 32.2. The number of thioether (sulfide) groups is 1. The van der Waals surface area contributed by atoms with Gasteiger partial charge in [0.15, 0.2) is 13.5 Å². The lowest BCUT2D eigenvalue weighted by atomic mass is 10.2. The summed E-state index contributed by atoms with van der Waals surface area (Å²) in [4.78, 5) is 4.38. The Bertz CT molecular complexity index is 479. The lowest BCUT2D eigenvalue weighted by Crippen LogP contribution is -2.43. The van der Waals surface area contributed by atoms with Crippen LogP contribution in [0.15, 0.2) is 30.2 Å². The molecule has 0 saturated carbocycles. The number of hydrogen-bond acceptors (Lipinski definition) is 3. The van der Waals surface area contributed by atoms with Crippen LogP contribution >= 0.6 is 11.8 Å². The number of aromatic nitrogens is 2. The molecular formula is C17H32N2OSSi. The van der Waals surface area contributed by atoms with Crippen molar-refractivity contribution < 1.29 is 4.43 Å². The van der Waals surface area contributed by atoms with Gasteiger partial charge in [-0.05, 0) is 37.9 Å². The second-order valence-corrected chi connectivity index (χ2v) is 13.4. The molecule has 0 aliphatic carbocycles. The standard InChI is InChI=1S/C17H32N2OSSi/c1-9-15(21-16-18-12-13-19(16)6)11-10-14(2)20-22(7,8)17(3,4)5/h9,12-15H,1,10-11H2,2-8H3/t14-,15?/m0/s1. The molecule has 0 aromatic carbocycles. The second-order valence-electron chi connectivity index (χ2n) is 7.48. The van der Waals surface area contributed by atoms with Crippen LogP contribution < -0.4 is 0 Å². The Hall–Kier alpha value is -0.523. The van der Waals surface area contributed by atoms with Gasteiger partial charge in [-0.15, -0.1) is 6.58 Å². The lowest BCUT2D eigenvalue weighted by Gasteiger charge is -2.38. The summed E-state index contributed by atoms with van der Waals surface area (Å²) in [5.74, 6) is 0. The van der Waals surface area contributed by atoms with E-state index >= 15 is 0 Å². The number of rotatable bonds is 8. The molecule has 1 rings (SSSR count). The highest BCUT2D eigenvalue weighted by molar-refractivity contribution is 7.99. The van der Waals surface area contributed by atoms with Crippen molar-refractivity contribution in [3.63, 3.8) is 0 Å². The molecule has 1 aromatic rings. The summed E-state index contributed by atoms with van der Waals surface area (Å²) in [6.45, 7) is 17.7. The van der Waals surface area contributed by atoms with Gasteiger partial charge in [0.1, 0.15) is 0 Å². The molecule has 1 aromatic heterocycles. The fraction of sp³-hybridized carbons (Fsp3) is 0.706. The van der Waals surface area contributed by atoms with Crippen molar-refractivity contribution in [3.05, 3.63) is 25.0 Å². The average molecular weight is 341 g/mol. The Balaban J connectivity index is 2.49. The topological polar surface area (TPSA) is 27.1 Å². The van der Waals surface area contributed by atoms with Gasteiger partial charge >= 0.3 is 0 Å². The van der Waals surface area contributed by atoms with E-state index in [4.69, 9.17) is 4.43 Å². The molecule has 2 atom stereocenters. The van der Waals surface area contributed by atoms with E-state index < -0.39 is 8.32 Å². The first kappa shape index (κ1) is 19.5. The predicted molar refractivity (Wildman–Crippen MR) is 100 cm³/mol. The van der Waals surface area contributed by atoms with Crippen molar-refractivity contribution in [2.75, 3.05) is 0 Å². The maximum absolute atomic E-state index is 6.43. The molecule has 22 heavy (non-hydrogen) atoms. The van der Waals surface area contributed by atoms with Crippen LogP contribution in [0.4, 0.5) is 0 Å². The first-order valence-electron chi connectivity index (χ1n) is 8.01. The Morgan fingerprint density at radius 3 is 2.50 bits per heavy atom. The van der Waals surface area contributed by atoms with E-state index in [1.165, 1.54) is 0 Å². The summed E-state index contributed by atoms with van der Waals surface area (Å²) in [6, 6.07) is 0. The molecule has 0 N–H and O–H groups in total. The van der Waals surface area contributed by atoms with Crippen molar-refractivity contribution in [2.24, 2.45) is 7.05 Å². The summed E-state index contributed by atoms with van der Waals surface area (Å²) >= 11 is 1.78. The first-order chi connectivity index (χ1) is 10.1. The Morgan fingerprint density at radius 2 is 2.05 bits per heavy atom. The van der Waals surface area contributed by atoms with Gasteiger partial charge in [0.25, 0.3) is 0 Å². The number of hydrogen-bond donors (Lipinski definition) is 0. The fourth-order valence-corrected chi connectivity index (χ4v) is 4.41. The third-order valence-electron chi connectivity index (χ3n) is 4.46. The summed E-state index contributed by atoms with van der Waals surface area (Å²) < 4.78 is 8.48. The van der Waals surface area contributed by atoms with Crippen molar-refractivity contribution in [2.45, 2.75) is 75.2 Å². The zero-order valence-corrected chi connectivity index (χ0v) is 17.0. The molecule has 0 aliphatic heterocycles. The summed E-state index contributed by atoms with van der Waals surface area (Å²) in [6.07, 6.45) is 8.26. The van der Waals surface area contributed by atoms with Gasteiger partial charge in [-0.1, -0.05) is 38.6 Å². The third kappa shape index (κ3) is 5.59. The number of nitrogens with zero attached hydrogens (tertiary/aromatic N) is 2. The van der Waals surface area contributed by atoms with Crippen LogP contribution in [0.3, 0.4) is 0 Å². The molecule has 0 saturated heterocycles. The van der Waals surface area contributed by atoms with E-state index in [0.717, 1.165) is 18.0 Å². The van der Waals surface area contributed by atoms with E-state index in [1.54, 1.807) is 11.8 Å². The van der Waals surface area contributed by atoms with Gasteiger partial charge in [-0.25, -0.2) is 4.98 Å². The van der Waals surface area contributed by atoms with Crippen LogP contribution in [-0.4, -0.2) is 29.2 Å². The second kappa shape index (κ2) is 7.84. The average Bonchev–Trinajstić information content (AvgIpc) is 2.78. The number of aryl methyl sites for hydroxylation is 1. The Kier molecular flexibility index (Phi) is 6.96. The van der Waals surface area contributed by atoms with Crippen LogP contribution in [0.5, 0.6) is 0 Å². The zero-order chi connectivity index (χ0) is 17.0. The monoisotopic (exact) mass is 340 g/mol. The molecule has 0 spiro atoms. The van der Waals surface area contributed by atoms with Gasteiger partial charge < -0.3 is 8.99 Å². The van der Waals surface area contributed by atoms with Crippen molar-refractivity contribution in [1.29, 1.82) is 0 Å². The molecule has 0 radical (unpaired) electrons. The quantitative estimate of drug-likeness (QED) is 0.367. The Labute approximate surface area is 141 Å². The van der Waals surface area contributed by atoms with Gasteiger partial charge in [0.2, 0.25) is 0 Å². The molecule has 0 bridgehead atoms. The van der Waals surface area contributed by atoms with Gasteiger partial charge in [-0.2, -0.15) is 0 Å². The summed E-state index contributed by atoms with van der Waals surface area (Å²) in [5.41, 5.74) is 0. The molecule has 1 unspecified atom stereocenters. The normalized spacial score (nSPS) is 15.6. The molecule has 1 heterocycles. The van der Waals surface area contributed by atoms with Crippen LogP contribution in [-0.2, 0) is 11.5 Å². The Morgan fingerprint density at radius 1 is 1.41 bits per heavy atom. The van der Waals surface area contributed by atoms with Gasteiger partial charge in [0, 0.05) is 30.8 Å². The highest BCUT2D eigenvalue weighted by Gasteiger charge is 2.38. The van der Waals surface area contributed by atoms with E-state index in [-0.39, 0.29) is 5.04 Å². The lowest BCUT2D eigenvalue weighted by molar-refractivity contribution is 0.187. The minimum Gasteiger partial charge on any atom is -0.414 e. The van der Waals surface area contributed by atoms with Crippen LogP contribution in [0, 0.1) is 0 Å². The predicted octanol–water partition coefficient (Wildman–Crippen LogP) is 5.26. The molecule has 0 amide bonds. The highest BCUT2D eigenvalue weighted by Crippen LogP contribution is 2.38. The number of imidazole rings is 1. The van der Waals surface area contributed by atoms with E-state index in [2.05, 4.69) is 56.9 Å². The molecule has 0 aliphatic rings. The minimum absolute atomic E-state index is 0.265. The van der Waals surface area contributed by atoms with Crippen molar-refractivity contribution in [1.82, 2.24) is 9.55 Å². The summed E-state index contributed by atoms with van der Waals surface area (Å²) in [7, 11) is 0.355. The zero-order valence-electron chi connectivity index (χ0n) is 15.2. The SMILES string of the molecule is C=CC(CC[C@H](C)O[Si](C)(C)C(C)(C)C)Sc1nccn1C. The van der Waals surface area contributed by atoms with Crippen LogP contribution in [0.1, 0.15) is 40.5 Å². The molecule has 126 valence electrons. The smallest absolute Gasteiger partial charge is 0.192 e. The summed E-state index contributed by atoms with van der Waals surface area (Å²) in [5, 5.41) is 1.69. The molecular weight excluding hydrogens is 308 g/mol. The molecule has 5 heteroatoms. The van der Waals surface area contributed by atoms with Gasteiger partial charge in [0.05, 0.1) is 0 Å². The van der Waals surface area contributed by atoms with Crippen molar-refractivity contribution in [3.8, 4) is 0 Å². The van der Waals surface area contributed by atoms with E-state index in [0.29, 0.717) is 11.4 Å². The maximum atomic E-state index is 6.43. The first-order valence-corrected chi connectivity index (χ1v) is 11.8. The minimum atomic E-state index is -1.67. The molecule has 3 nitrogen and oxygen atoms in total. The van der Waals surface area contributed by atoms with Crippen LogP contribution in [0.25, 0.3) is 0 Å². The largest absolute Gasteiger partial charge is 0.414 e. The van der Waals surface area contributed by atoms with Gasteiger partial charge in [-0.3, -0.25) is 0 Å². The van der Waals surface area contributed by atoms with E-state index in [1.807, 2.05) is 25.5 Å². The van der Waals surface area contributed by atoms with E-state index in [9.17, 15) is 0 Å². The fourth-order valence-electron chi connectivity index (χ4n) is 1.96. The van der Waals surface area contributed by atoms with Crippen molar-refractivity contribution >= 4 is 20.1 Å². The third-order valence-corrected chi connectivity index (χ3v) is 10.4. The molecule has 0 fully saturated rings.